The van der Waals surface area contributed by atoms with E-state index in [1.165, 1.54) is 19.2 Å². The van der Waals surface area contributed by atoms with Crippen LogP contribution in [0.1, 0.15) is 40.8 Å². The zero-order valence-electron chi connectivity index (χ0n) is 18.4. The number of likely N-dealkylation sites (N-methyl/N-ethyl adjacent to an activating group) is 1. The van der Waals surface area contributed by atoms with Crippen LogP contribution in [0.4, 0.5) is 13.2 Å². The first-order valence-electron chi connectivity index (χ1n) is 10.5. The van der Waals surface area contributed by atoms with Crippen molar-refractivity contribution in [2.45, 2.75) is 24.6 Å². The number of methoxy groups -OCH3 is 1. The molecule has 2 atom stereocenters. The van der Waals surface area contributed by atoms with E-state index < -0.39 is 17.8 Å². The Balaban J connectivity index is 1.84. The van der Waals surface area contributed by atoms with Crippen molar-refractivity contribution in [3.63, 3.8) is 0 Å². The molecule has 1 amide bonds. The number of carbonyl (C=O) groups excluding carboxylic acids is 1. The number of benzene rings is 2. The van der Waals surface area contributed by atoms with E-state index in [1.54, 1.807) is 19.2 Å². The molecule has 0 saturated heterocycles. The van der Waals surface area contributed by atoms with Crippen LogP contribution >= 0.6 is 0 Å². The fourth-order valence-electron chi connectivity index (χ4n) is 3.65. The van der Waals surface area contributed by atoms with E-state index in [2.05, 4.69) is 15.6 Å². The van der Waals surface area contributed by atoms with Gasteiger partial charge in [0.2, 0.25) is 11.8 Å². The van der Waals surface area contributed by atoms with Crippen LogP contribution in [-0.2, 0) is 11.0 Å². The van der Waals surface area contributed by atoms with Gasteiger partial charge in [0.25, 0.3) is 0 Å². The summed E-state index contributed by atoms with van der Waals surface area (Å²) >= 11 is 0. The SMILES string of the molecule is CNC(=O)[C@H](NCC[C@@H](c1ccc(C(F)(F)F)cc1)c1cccc(OC)n1)c1ccccc1. The van der Waals surface area contributed by atoms with Gasteiger partial charge in [-0.25, -0.2) is 4.98 Å². The molecule has 0 aliphatic rings. The number of pyridine rings is 1. The predicted octanol–water partition coefficient (Wildman–Crippen LogP) is 4.71. The first-order valence-corrected chi connectivity index (χ1v) is 10.5. The number of aromatic nitrogens is 1. The molecule has 0 radical (unpaired) electrons. The smallest absolute Gasteiger partial charge is 0.416 e. The topological polar surface area (TPSA) is 63.2 Å². The van der Waals surface area contributed by atoms with Crippen molar-refractivity contribution in [1.82, 2.24) is 15.6 Å². The van der Waals surface area contributed by atoms with Gasteiger partial charge in [-0.3, -0.25) is 4.79 Å². The van der Waals surface area contributed by atoms with E-state index in [0.29, 0.717) is 30.1 Å². The second-order valence-corrected chi connectivity index (χ2v) is 7.48. The second-order valence-electron chi connectivity index (χ2n) is 7.48. The first kappa shape index (κ1) is 24.3. The van der Waals surface area contributed by atoms with Crippen LogP contribution in [0, 0.1) is 0 Å². The molecule has 0 unspecified atom stereocenters. The third kappa shape index (κ3) is 6.32. The Bertz CT molecular complexity index is 1040. The lowest BCUT2D eigenvalue weighted by molar-refractivity contribution is -0.137. The summed E-state index contributed by atoms with van der Waals surface area (Å²) in [5.41, 5.74) is 1.49. The third-order valence-corrected chi connectivity index (χ3v) is 5.37. The number of rotatable bonds is 9. The lowest BCUT2D eigenvalue weighted by atomic mass is 9.91. The van der Waals surface area contributed by atoms with Gasteiger partial charge in [-0.2, -0.15) is 13.2 Å². The van der Waals surface area contributed by atoms with Gasteiger partial charge < -0.3 is 15.4 Å². The van der Waals surface area contributed by atoms with Crippen molar-refractivity contribution in [2.75, 3.05) is 20.7 Å². The molecule has 0 aliphatic heterocycles. The summed E-state index contributed by atoms with van der Waals surface area (Å²) in [6, 6.07) is 19.2. The van der Waals surface area contributed by atoms with Gasteiger partial charge in [0, 0.05) is 19.0 Å². The van der Waals surface area contributed by atoms with Gasteiger partial charge in [0.1, 0.15) is 6.04 Å². The molecule has 0 spiro atoms. The fourth-order valence-corrected chi connectivity index (χ4v) is 3.65. The van der Waals surface area contributed by atoms with Crippen LogP contribution in [0.3, 0.4) is 0 Å². The average Bonchev–Trinajstić information content (AvgIpc) is 2.84. The van der Waals surface area contributed by atoms with Crippen LogP contribution in [0.25, 0.3) is 0 Å². The minimum absolute atomic E-state index is 0.174. The highest BCUT2D eigenvalue weighted by Gasteiger charge is 2.30. The zero-order valence-corrected chi connectivity index (χ0v) is 18.4. The lowest BCUT2D eigenvalue weighted by Gasteiger charge is -2.22. The molecular formula is C25H26F3N3O2. The maximum Gasteiger partial charge on any atom is 0.416 e. The Morgan fingerprint density at radius 1 is 0.970 bits per heavy atom. The highest BCUT2D eigenvalue weighted by molar-refractivity contribution is 5.82. The standard InChI is InChI=1S/C25H26F3N3O2/c1-29-24(32)23(18-7-4-3-5-8-18)30-16-15-20(21-9-6-10-22(31-21)33-2)17-11-13-19(14-12-17)25(26,27)28/h3-14,20,23,30H,15-16H2,1-2H3,(H,29,32)/t20-,23+/m0/s1. The molecule has 1 heterocycles. The summed E-state index contributed by atoms with van der Waals surface area (Å²) in [5, 5.41) is 5.93. The van der Waals surface area contributed by atoms with Crippen LogP contribution in [-0.4, -0.2) is 31.6 Å². The molecular weight excluding hydrogens is 431 g/mol. The summed E-state index contributed by atoms with van der Waals surface area (Å²) in [6.07, 6.45) is -3.90. The van der Waals surface area contributed by atoms with Crippen molar-refractivity contribution in [3.05, 3.63) is 95.2 Å². The predicted molar refractivity (Wildman–Crippen MR) is 120 cm³/mol. The summed E-state index contributed by atoms with van der Waals surface area (Å²) in [7, 11) is 3.08. The summed E-state index contributed by atoms with van der Waals surface area (Å²) in [6.45, 7) is 0.428. The van der Waals surface area contributed by atoms with Crippen LogP contribution in [0.2, 0.25) is 0 Å². The van der Waals surface area contributed by atoms with Crippen molar-refractivity contribution in [2.24, 2.45) is 0 Å². The van der Waals surface area contributed by atoms with E-state index >= 15 is 0 Å². The average molecular weight is 457 g/mol. The number of carbonyl (C=O) groups is 1. The number of amides is 1. The van der Waals surface area contributed by atoms with Gasteiger partial charge in [-0.1, -0.05) is 48.5 Å². The molecule has 174 valence electrons. The summed E-state index contributed by atoms with van der Waals surface area (Å²) in [4.78, 5) is 16.9. The van der Waals surface area contributed by atoms with E-state index in [9.17, 15) is 18.0 Å². The van der Waals surface area contributed by atoms with Crippen molar-refractivity contribution in [1.29, 1.82) is 0 Å². The molecule has 2 aromatic carbocycles. The number of hydrogen-bond donors (Lipinski definition) is 2. The Hall–Kier alpha value is -3.39. The van der Waals surface area contributed by atoms with Gasteiger partial charge >= 0.3 is 6.18 Å². The maximum atomic E-state index is 13.0. The minimum Gasteiger partial charge on any atom is -0.481 e. The van der Waals surface area contributed by atoms with Gasteiger partial charge in [-0.15, -0.1) is 0 Å². The zero-order chi connectivity index (χ0) is 23.8. The molecule has 0 aliphatic carbocycles. The van der Waals surface area contributed by atoms with Gasteiger partial charge in [0.05, 0.1) is 18.4 Å². The number of hydrogen-bond acceptors (Lipinski definition) is 4. The van der Waals surface area contributed by atoms with Crippen LogP contribution < -0.4 is 15.4 Å². The molecule has 0 bridgehead atoms. The highest BCUT2D eigenvalue weighted by atomic mass is 19.4. The van der Waals surface area contributed by atoms with Gasteiger partial charge in [0.15, 0.2) is 0 Å². The number of halogens is 3. The summed E-state index contributed by atoms with van der Waals surface area (Å²) < 4.78 is 44.3. The second kappa shape index (κ2) is 11.0. The van der Waals surface area contributed by atoms with Crippen molar-refractivity contribution in [3.8, 4) is 5.88 Å². The largest absolute Gasteiger partial charge is 0.481 e. The minimum atomic E-state index is -4.40. The molecule has 0 saturated carbocycles. The molecule has 1 aromatic heterocycles. The van der Waals surface area contributed by atoms with E-state index in [0.717, 1.165) is 17.7 Å². The third-order valence-electron chi connectivity index (χ3n) is 5.37. The molecule has 2 N–H and O–H groups in total. The van der Waals surface area contributed by atoms with Crippen molar-refractivity contribution >= 4 is 5.91 Å². The Labute approximate surface area is 191 Å². The van der Waals surface area contributed by atoms with E-state index in [4.69, 9.17) is 4.74 Å². The van der Waals surface area contributed by atoms with Crippen LogP contribution in [0.15, 0.2) is 72.8 Å². The molecule has 3 rings (SSSR count). The number of nitrogens with zero attached hydrogens (tertiary/aromatic N) is 1. The molecule has 8 heteroatoms. The lowest BCUT2D eigenvalue weighted by Crippen LogP contribution is -2.36. The quantitative estimate of drug-likeness (QED) is 0.489. The molecule has 5 nitrogen and oxygen atoms in total. The van der Waals surface area contributed by atoms with Crippen molar-refractivity contribution < 1.29 is 22.7 Å². The molecule has 0 fully saturated rings. The number of alkyl halides is 3. The first-order chi connectivity index (χ1) is 15.8. The van der Waals surface area contributed by atoms with Crippen LogP contribution in [0.5, 0.6) is 5.88 Å². The Morgan fingerprint density at radius 2 is 1.67 bits per heavy atom. The maximum absolute atomic E-state index is 13.0. The summed E-state index contributed by atoms with van der Waals surface area (Å²) in [5.74, 6) is -0.0485. The fraction of sp³-hybridized carbons (Fsp3) is 0.280. The van der Waals surface area contributed by atoms with E-state index in [-0.39, 0.29) is 11.8 Å². The molecule has 3 aromatic rings. The Morgan fingerprint density at radius 3 is 2.27 bits per heavy atom. The Kier molecular flexibility index (Phi) is 8.06. The normalized spacial score (nSPS) is 13.2. The van der Waals surface area contributed by atoms with E-state index in [1.807, 2.05) is 36.4 Å². The molecule has 33 heavy (non-hydrogen) atoms. The van der Waals surface area contributed by atoms with Gasteiger partial charge in [-0.05, 0) is 42.3 Å². The number of nitrogens with one attached hydrogen (secondary N) is 2. The monoisotopic (exact) mass is 457 g/mol. The number of ether oxygens (including phenoxy) is 1. The highest BCUT2D eigenvalue weighted by Crippen LogP contribution is 2.33.